The van der Waals surface area contributed by atoms with Gasteiger partial charge in [-0.05, 0) is 36.6 Å². The highest BCUT2D eigenvalue weighted by molar-refractivity contribution is 7.22. The molecule has 0 saturated heterocycles. The van der Waals surface area contributed by atoms with Crippen LogP contribution >= 0.6 is 22.9 Å². The van der Waals surface area contributed by atoms with Crippen LogP contribution in [0.3, 0.4) is 0 Å². The maximum Gasteiger partial charge on any atom is 0.262 e. The molecule has 0 fully saturated rings. The van der Waals surface area contributed by atoms with Crippen molar-refractivity contribution >= 4 is 39.1 Å². The van der Waals surface area contributed by atoms with Crippen LogP contribution in [0.15, 0.2) is 65.7 Å². The molecule has 5 nitrogen and oxygen atoms in total. The van der Waals surface area contributed by atoms with E-state index in [9.17, 15) is 9.59 Å². The molecule has 1 N–H and O–H groups in total. The van der Waals surface area contributed by atoms with Crippen molar-refractivity contribution in [2.24, 2.45) is 0 Å². The predicted molar refractivity (Wildman–Crippen MR) is 122 cm³/mol. The van der Waals surface area contributed by atoms with Gasteiger partial charge >= 0.3 is 0 Å². The lowest BCUT2D eigenvalue weighted by Crippen LogP contribution is -2.34. The Hall–Kier alpha value is -2.96. The van der Waals surface area contributed by atoms with Crippen LogP contribution in [0, 0.1) is 6.92 Å². The average Bonchev–Trinajstić information content (AvgIpc) is 3.08. The molecule has 2 aromatic heterocycles. The lowest BCUT2D eigenvalue weighted by molar-refractivity contribution is -0.122. The lowest BCUT2D eigenvalue weighted by Gasteiger charge is -2.16. The first-order chi connectivity index (χ1) is 14.5. The van der Waals surface area contributed by atoms with E-state index >= 15 is 0 Å². The first-order valence-corrected chi connectivity index (χ1v) is 10.7. The Morgan fingerprint density at radius 1 is 1.17 bits per heavy atom. The summed E-state index contributed by atoms with van der Waals surface area (Å²) in [6.45, 7) is 3.68. The molecule has 0 spiro atoms. The number of thiophene rings is 1. The van der Waals surface area contributed by atoms with E-state index in [0.29, 0.717) is 15.2 Å². The molecule has 1 unspecified atom stereocenters. The van der Waals surface area contributed by atoms with Crippen LogP contribution in [-0.4, -0.2) is 15.5 Å². The van der Waals surface area contributed by atoms with E-state index in [1.54, 1.807) is 6.07 Å². The van der Waals surface area contributed by atoms with Crippen molar-refractivity contribution in [1.82, 2.24) is 14.9 Å². The first-order valence-electron chi connectivity index (χ1n) is 9.53. The van der Waals surface area contributed by atoms with Gasteiger partial charge in [0, 0.05) is 9.90 Å². The van der Waals surface area contributed by atoms with Gasteiger partial charge in [-0.25, -0.2) is 4.98 Å². The second-order valence-corrected chi connectivity index (χ2v) is 8.50. The SMILES string of the molecule is Cc1c(-c2ccccc2)sc2ncn(CC(=O)NC(C)c3ccccc3Cl)c(=O)c12. The summed E-state index contributed by atoms with van der Waals surface area (Å²) < 4.78 is 1.35. The van der Waals surface area contributed by atoms with Gasteiger partial charge in [0.25, 0.3) is 5.56 Å². The molecule has 2 heterocycles. The van der Waals surface area contributed by atoms with Gasteiger partial charge in [0.2, 0.25) is 5.91 Å². The third kappa shape index (κ3) is 3.88. The predicted octanol–water partition coefficient (Wildman–Crippen LogP) is 4.96. The number of rotatable bonds is 5. The molecule has 4 aromatic rings. The number of fused-ring (bicyclic) bond motifs is 1. The Kier molecular flexibility index (Phi) is 5.70. The zero-order valence-corrected chi connectivity index (χ0v) is 18.1. The van der Waals surface area contributed by atoms with Crippen molar-refractivity contribution < 1.29 is 4.79 Å². The first kappa shape index (κ1) is 20.3. The number of amides is 1. The zero-order valence-electron chi connectivity index (χ0n) is 16.6. The van der Waals surface area contributed by atoms with Crippen molar-refractivity contribution in [3.63, 3.8) is 0 Å². The smallest absolute Gasteiger partial charge is 0.262 e. The van der Waals surface area contributed by atoms with Crippen molar-refractivity contribution in [2.45, 2.75) is 26.4 Å². The lowest BCUT2D eigenvalue weighted by atomic mass is 10.1. The minimum Gasteiger partial charge on any atom is -0.348 e. The summed E-state index contributed by atoms with van der Waals surface area (Å²) >= 11 is 7.70. The fourth-order valence-electron chi connectivity index (χ4n) is 3.48. The van der Waals surface area contributed by atoms with E-state index < -0.39 is 0 Å². The topological polar surface area (TPSA) is 64.0 Å². The third-order valence-corrected chi connectivity index (χ3v) is 6.61. The number of halogens is 1. The van der Waals surface area contributed by atoms with Gasteiger partial charge in [-0.2, -0.15) is 0 Å². The van der Waals surface area contributed by atoms with E-state index in [-0.39, 0.29) is 24.1 Å². The maximum absolute atomic E-state index is 13.1. The highest BCUT2D eigenvalue weighted by atomic mass is 35.5. The number of aryl methyl sites for hydroxylation is 1. The van der Waals surface area contributed by atoms with Gasteiger partial charge in [-0.3, -0.25) is 14.2 Å². The Balaban J connectivity index is 1.60. The van der Waals surface area contributed by atoms with Crippen molar-refractivity contribution in [3.8, 4) is 10.4 Å². The normalized spacial score (nSPS) is 12.1. The quantitative estimate of drug-likeness (QED) is 0.479. The van der Waals surface area contributed by atoms with Crippen molar-refractivity contribution in [3.05, 3.63) is 87.4 Å². The number of hydrogen-bond donors (Lipinski definition) is 1. The molecule has 1 amide bonds. The van der Waals surface area contributed by atoms with Crippen LogP contribution in [0.25, 0.3) is 20.7 Å². The number of carbonyl (C=O) groups excluding carboxylic acids is 1. The molecule has 1 atom stereocenters. The van der Waals surface area contributed by atoms with Crippen molar-refractivity contribution in [1.29, 1.82) is 0 Å². The van der Waals surface area contributed by atoms with Crippen LogP contribution in [-0.2, 0) is 11.3 Å². The number of benzene rings is 2. The number of aromatic nitrogens is 2. The molecule has 152 valence electrons. The average molecular weight is 438 g/mol. The van der Waals surface area contributed by atoms with Gasteiger partial charge in [-0.1, -0.05) is 60.1 Å². The van der Waals surface area contributed by atoms with E-state index in [4.69, 9.17) is 11.6 Å². The van der Waals surface area contributed by atoms with Crippen LogP contribution < -0.4 is 10.9 Å². The molecule has 0 bridgehead atoms. The highest BCUT2D eigenvalue weighted by Gasteiger charge is 2.18. The molecule has 0 radical (unpaired) electrons. The van der Waals surface area contributed by atoms with Gasteiger partial charge < -0.3 is 5.32 Å². The molecule has 0 aliphatic carbocycles. The molecular formula is C23H20ClN3O2S. The van der Waals surface area contributed by atoms with Gasteiger partial charge in [-0.15, -0.1) is 11.3 Å². The van der Waals surface area contributed by atoms with Crippen LogP contribution in [0.2, 0.25) is 5.02 Å². The number of hydrogen-bond acceptors (Lipinski definition) is 4. The summed E-state index contributed by atoms with van der Waals surface area (Å²) in [5.41, 5.74) is 2.55. The summed E-state index contributed by atoms with van der Waals surface area (Å²) in [5, 5.41) is 4.05. The molecule has 7 heteroatoms. The van der Waals surface area contributed by atoms with Crippen LogP contribution in [0.1, 0.15) is 24.1 Å². The minimum absolute atomic E-state index is 0.105. The van der Waals surface area contributed by atoms with Crippen LogP contribution in [0.4, 0.5) is 0 Å². The molecule has 4 rings (SSSR count). The van der Waals surface area contributed by atoms with E-state index in [1.807, 2.05) is 62.4 Å². The largest absolute Gasteiger partial charge is 0.348 e. The fourth-order valence-corrected chi connectivity index (χ4v) is 4.93. The highest BCUT2D eigenvalue weighted by Crippen LogP contribution is 2.35. The summed E-state index contributed by atoms with van der Waals surface area (Å²) in [6, 6.07) is 17.0. The molecule has 2 aromatic carbocycles. The Labute approximate surface area is 183 Å². The Morgan fingerprint density at radius 3 is 2.60 bits per heavy atom. The molecule has 0 aliphatic heterocycles. The second kappa shape index (κ2) is 8.42. The van der Waals surface area contributed by atoms with E-state index in [1.165, 1.54) is 22.2 Å². The zero-order chi connectivity index (χ0) is 21.3. The molecule has 0 saturated carbocycles. The van der Waals surface area contributed by atoms with E-state index in [2.05, 4.69) is 10.3 Å². The second-order valence-electron chi connectivity index (χ2n) is 7.09. The van der Waals surface area contributed by atoms with Gasteiger partial charge in [0.15, 0.2) is 0 Å². The fraction of sp³-hybridized carbons (Fsp3) is 0.174. The maximum atomic E-state index is 13.1. The molecule has 30 heavy (non-hydrogen) atoms. The van der Waals surface area contributed by atoms with Gasteiger partial charge in [0.05, 0.1) is 17.8 Å². The van der Waals surface area contributed by atoms with Crippen LogP contribution in [0.5, 0.6) is 0 Å². The summed E-state index contributed by atoms with van der Waals surface area (Å²) in [6.07, 6.45) is 1.44. The summed E-state index contributed by atoms with van der Waals surface area (Å²) in [5.74, 6) is -0.276. The number of carbonyl (C=O) groups is 1. The Morgan fingerprint density at radius 2 is 1.87 bits per heavy atom. The molecular weight excluding hydrogens is 418 g/mol. The number of nitrogens with zero attached hydrogens (tertiary/aromatic N) is 2. The standard InChI is InChI=1S/C23H20ClN3O2S/c1-14-20-22(30-21(14)16-8-4-3-5-9-16)25-13-27(23(20)29)12-19(28)26-15(2)17-10-6-7-11-18(17)24/h3-11,13,15H,12H2,1-2H3,(H,26,28). The Bertz CT molecular complexity index is 1280. The monoisotopic (exact) mass is 437 g/mol. The summed E-state index contributed by atoms with van der Waals surface area (Å²) in [7, 11) is 0. The van der Waals surface area contributed by atoms with Gasteiger partial charge in [0.1, 0.15) is 11.4 Å². The number of nitrogens with one attached hydrogen (secondary N) is 1. The molecule has 0 aliphatic rings. The minimum atomic E-state index is -0.276. The summed E-state index contributed by atoms with van der Waals surface area (Å²) in [4.78, 5) is 31.8. The van der Waals surface area contributed by atoms with Crippen molar-refractivity contribution in [2.75, 3.05) is 0 Å². The third-order valence-electron chi connectivity index (χ3n) is 5.02. The van der Waals surface area contributed by atoms with E-state index in [0.717, 1.165) is 21.6 Å².